The fourth-order valence-electron chi connectivity index (χ4n) is 2.45. The van der Waals surface area contributed by atoms with E-state index in [1.54, 1.807) is 10.7 Å². The Bertz CT molecular complexity index is 703. The van der Waals surface area contributed by atoms with Gasteiger partial charge in [0.2, 0.25) is 10.0 Å². The Morgan fingerprint density at radius 3 is 2.70 bits per heavy atom. The van der Waals surface area contributed by atoms with Crippen LogP contribution in [0, 0.1) is 0 Å². The number of sulfonamides is 1. The van der Waals surface area contributed by atoms with Crippen LogP contribution in [0.5, 0.6) is 0 Å². The van der Waals surface area contributed by atoms with Crippen molar-refractivity contribution in [3.05, 3.63) is 30.2 Å². The van der Waals surface area contributed by atoms with Gasteiger partial charge in [-0.05, 0) is 6.07 Å². The van der Waals surface area contributed by atoms with Crippen LogP contribution in [-0.2, 0) is 16.6 Å². The lowest BCUT2D eigenvalue weighted by Gasteiger charge is -2.32. The summed E-state index contributed by atoms with van der Waals surface area (Å²) in [4.78, 5) is 6.56. The molecule has 2 aromatic heterocycles. The molecular formula is C12H17N5O2S. The standard InChI is InChI=1S/C12H17N5O2S/c1-20(18,19)16-7-5-15(6-8-16)10-11-9-14-17-4-2-3-13-12(11)17/h2-4,9H,5-8,10H2,1H3. The van der Waals surface area contributed by atoms with Crippen LogP contribution in [0.2, 0.25) is 0 Å². The van der Waals surface area contributed by atoms with Gasteiger partial charge in [0.15, 0.2) is 5.65 Å². The van der Waals surface area contributed by atoms with Crippen molar-refractivity contribution < 1.29 is 8.42 Å². The zero-order valence-electron chi connectivity index (χ0n) is 11.3. The second-order valence-electron chi connectivity index (χ2n) is 5.00. The zero-order chi connectivity index (χ0) is 14.2. The summed E-state index contributed by atoms with van der Waals surface area (Å²) >= 11 is 0. The van der Waals surface area contributed by atoms with E-state index in [0.29, 0.717) is 13.1 Å². The molecule has 2 aromatic rings. The van der Waals surface area contributed by atoms with E-state index in [4.69, 9.17) is 0 Å². The van der Waals surface area contributed by atoms with E-state index in [2.05, 4.69) is 15.0 Å². The zero-order valence-corrected chi connectivity index (χ0v) is 12.1. The quantitative estimate of drug-likeness (QED) is 0.785. The predicted molar refractivity (Wildman–Crippen MR) is 74.7 cm³/mol. The smallest absolute Gasteiger partial charge is 0.211 e. The highest BCUT2D eigenvalue weighted by Crippen LogP contribution is 2.13. The van der Waals surface area contributed by atoms with Crippen LogP contribution in [0.25, 0.3) is 5.65 Å². The van der Waals surface area contributed by atoms with Crippen molar-refractivity contribution in [2.45, 2.75) is 6.54 Å². The highest BCUT2D eigenvalue weighted by Gasteiger charge is 2.23. The van der Waals surface area contributed by atoms with Crippen LogP contribution in [0.1, 0.15) is 5.56 Å². The number of piperazine rings is 1. The number of hydrogen-bond donors (Lipinski definition) is 0. The SMILES string of the molecule is CS(=O)(=O)N1CCN(Cc2cnn3cccnc23)CC1. The summed E-state index contributed by atoms with van der Waals surface area (Å²) in [5.74, 6) is 0. The second-order valence-corrected chi connectivity index (χ2v) is 6.98. The first kappa shape index (κ1) is 13.5. The van der Waals surface area contributed by atoms with E-state index in [1.165, 1.54) is 10.6 Å². The maximum absolute atomic E-state index is 11.5. The van der Waals surface area contributed by atoms with Crippen molar-refractivity contribution in [3.63, 3.8) is 0 Å². The van der Waals surface area contributed by atoms with E-state index in [0.717, 1.165) is 30.8 Å². The fraction of sp³-hybridized carbons (Fsp3) is 0.500. The molecule has 0 aliphatic carbocycles. The van der Waals surface area contributed by atoms with E-state index >= 15 is 0 Å². The topological polar surface area (TPSA) is 70.8 Å². The molecule has 1 aliphatic rings. The van der Waals surface area contributed by atoms with Crippen molar-refractivity contribution in [1.29, 1.82) is 0 Å². The first-order chi connectivity index (χ1) is 9.54. The molecule has 0 saturated carbocycles. The maximum atomic E-state index is 11.5. The number of nitrogens with zero attached hydrogens (tertiary/aromatic N) is 5. The van der Waals surface area contributed by atoms with E-state index in [1.807, 2.05) is 18.5 Å². The molecule has 0 bridgehead atoms. The van der Waals surface area contributed by atoms with Crippen molar-refractivity contribution in [3.8, 4) is 0 Å². The summed E-state index contributed by atoms with van der Waals surface area (Å²) in [6.07, 6.45) is 6.71. The van der Waals surface area contributed by atoms with Crippen molar-refractivity contribution in [1.82, 2.24) is 23.8 Å². The molecule has 0 unspecified atom stereocenters. The first-order valence-corrected chi connectivity index (χ1v) is 8.33. The molecule has 1 aliphatic heterocycles. The van der Waals surface area contributed by atoms with Gasteiger partial charge in [-0.2, -0.15) is 9.40 Å². The molecule has 8 heteroatoms. The lowest BCUT2D eigenvalue weighted by molar-refractivity contribution is 0.182. The second kappa shape index (κ2) is 5.12. The van der Waals surface area contributed by atoms with E-state index in [-0.39, 0.29) is 0 Å². The summed E-state index contributed by atoms with van der Waals surface area (Å²) in [5, 5.41) is 4.26. The van der Waals surface area contributed by atoms with Crippen LogP contribution in [-0.4, -0.2) is 64.7 Å². The molecule has 0 radical (unpaired) electrons. The highest BCUT2D eigenvalue weighted by atomic mass is 32.2. The van der Waals surface area contributed by atoms with Crippen molar-refractivity contribution in [2.75, 3.05) is 32.4 Å². The van der Waals surface area contributed by atoms with Crippen molar-refractivity contribution in [2.24, 2.45) is 0 Å². The Morgan fingerprint density at radius 1 is 1.25 bits per heavy atom. The Kier molecular flexibility index (Phi) is 3.45. The summed E-state index contributed by atoms with van der Waals surface area (Å²) in [5.41, 5.74) is 1.93. The van der Waals surface area contributed by atoms with E-state index in [9.17, 15) is 8.42 Å². The molecule has 1 saturated heterocycles. The van der Waals surface area contributed by atoms with Gasteiger partial charge in [0.05, 0.1) is 12.5 Å². The monoisotopic (exact) mass is 295 g/mol. The molecule has 0 aromatic carbocycles. The molecule has 20 heavy (non-hydrogen) atoms. The van der Waals surface area contributed by atoms with Gasteiger partial charge in [-0.1, -0.05) is 0 Å². The lowest BCUT2D eigenvalue weighted by atomic mass is 10.2. The Morgan fingerprint density at radius 2 is 2.00 bits per heavy atom. The normalized spacial score (nSPS) is 18.6. The molecule has 0 spiro atoms. The number of hydrogen-bond acceptors (Lipinski definition) is 5. The average Bonchev–Trinajstić information content (AvgIpc) is 2.82. The van der Waals surface area contributed by atoms with Gasteiger partial charge >= 0.3 is 0 Å². The molecule has 0 N–H and O–H groups in total. The van der Waals surface area contributed by atoms with Crippen LogP contribution in [0.4, 0.5) is 0 Å². The number of aromatic nitrogens is 3. The summed E-state index contributed by atoms with van der Waals surface area (Å²) in [7, 11) is -3.07. The minimum atomic E-state index is -3.07. The first-order valence-electron chi connectivity index (χ1n) is 6.49. The Labute approximate surface area is 117 Å². The Hall–Kier alpha value is -1.51. The molecule has 0 atom stereocenters. The minimum Gasteiger partial charge on any atom is -0.296 e. The van der Waals surface area contributed by atoms with Gasteiger partial charge < -0.3 is 0 Å². The van der Waals surface area contributed by atoms with Gasteiger partial charge in [-0.15, -0.1) is 0 Å². The maximum Gasteiger partial charge on any atom is 0.211 e. The lowest BCUT2D eigenvalue weighted by Crippen LogP contribution is -2.47. The summed E-state index contributed by atoms with van der Waals surface area (Å²) < 4.78 is 26.2. The molecular weight excluding hydrogens is 278 g/mol. The highest BCUT2D eigenvalue weighted by molar-refractivity contribution is 7.88. The third-order valence-electron chi connectivity index (χ3n) is 3.55. The molecule has 7 nitrogen and oxygen atoms in total. The van der Waals surface area contributed by atoms with E-state index < -0.39 is 10.0 Å². The number of rotatable bonds is 3. The van der Waals surface area contributed by atoms with Gasteiger partial charge in [-0.3, -0.25) is 4.90 Å². The third-order valence-corrected chi connectivity index (χ3v) is 4.85. The van der Waals surface area contributed by atoms with Crippen LogP contribution >= 0.6 is 0 Å². The fourth-order valence-corrected chi connectivity index (χ4v) is 3.27. The van der Waals surface area contributed by atoms with Crippen LogP contribution in [0.15, 0.2) is 24.7 Å². The molecule has 1 fully saturated rings. The van der Waals surface area contributed by atoms with Crippen molar-refractivity contribution >= 4 is 15.7 Å². The Balaban J connectivity index is 1.68. The average molecular weight is 295 g/mol. The number of fused-ring (bicyclic) bond motifs is 1. The van der Waals surface area contributed by atoms with Gasteiger partial charge in [0.1, 0.15) is 0 Å². The predicted octanol–water partition coefficient (Wildman–Crippen LogP) is -0.193. The molecule has 0 amide bonds. The minimum absolute atomic E-state index is 0.547. The van der Waals surface area contributed by atoms with Crippen LogP contribution in [0.3, 0.4) is 0 Å². The largest absolute Gasteiger partial charge is 0.296 e. The third kappa shape index (κ3) is 2.67. The van der Waals surface area contributed by atoms with Gasteiger partial charge in [-0.25, -0.2) is 17.9 Å². The van der Waals surface area contributed by atoms with Gasteiger partial charge in [0, 0.05) is 50.7 Å². The molecule has 108 valence electrons. The van der Waals surface area contributed by atoms with Crippen LogP contribution < -0.4 is 0 Å². The summed E-state index contributed by atoms with van der Waals surface area (Å²) in [6, 6.07) is 1.84. The molecule has 3 heterocycles. The molecule has 3 rings (SSSR count). The van der Waals surface area contributed by atoms with Gasteiger partial charge in [0.25, 0.3) is 0 Å². The summed E-state index contributed by atoms with van der Waals surface area (Å²) in [6.45, 7) is 3.31.